The van der Waals surface area contributed by atoms with Crippen LogP contribution in [0, 0.1) is 17.2 Å². The Bertz CT molecular complexity index is 1500. The van der Waals surface area contributed by atoms with E-state index < -0.39 is 0 Å². The van der Waals surface area contributed by atoms with E-state index in [0.29, 0.717) is 25.2 Å². The average molecular weight is 552 g/mol. The Morgan fingerprint density at radius 1 is 1.10 bits per heavy atom. The largest absolute Gasteiger partial charge is 0.468 e. The Hall–Kier alpha value is -4.48. The standard InChI is InChI=1S/C33H37N5O3/c1-4-24(2)31(21-37(22-33(40)41-3)20-28-10-7-9-27-8-5-6-11-30(27)28)36-32(39)16-29-18-35-23-38(29)19-26-14-12-25(17-34)13-15-26/h5-15,18,23-24,31H,4,16,19-22H2,1-3H3,(H,36,39)/t24-,31+/m0/s1. The van der Waals surface area contributed by atoms with Crippen molar-refractivity contribution in [3.05, 3.63) is 102 Å². The molecule has 0 fully saturated rings. The van der Waals surface area contributed by atoms with Crippen LogP contribution in [0.5, 0.6) is 0 Å². The van der Waals surface area contributed by atoms with Gasteiger partial charge >= 0.3 is 5.97 Å². The normalized spacial score (nSPS) is 12.6. The molecule has 0 bridgehead atoms. The minimum atomic E-state index is -0.314. The third-order valence-electron chi connectivity index (χ3n) is 7.56. The van der Waals surface area contributed by atoms with Gasteiger partial charge in [-0.25, -0.2) is 4.98 Å². The van der Waals surface area contributed by atoms with Gasteiger partial charge in [0.1, 0.15) is 0 Å². The molecule has 1 N–H and O–H groups in total. The number of esters is 1. The number of fused-ring (bicyclic) bond motifs is 1. The SMILES string of the molecule is CC[C@H](C)[C@@H](CN(CC(=O)OC)Cc1cccc2ccccc12)NC(=O)Cc1cncn1Cc1ccc(C#N)cc1. The summed E-state index contributed by atoms with van der Waals surface area (Å²) < 4.78 is 6.95. The number of carbonyl (C=O) groups is 2. The topological polar surface area (TPSA) is 100 Å². The van der Waals surface area contributed by atoms with Gasteiger partial charge in [0.15, 0.2) is 0 Å². The predicted octanol–water partition coefficient (Wildman–Crippen LogP) is 4.70. The first kappa shape index (κ1) is 29.5. The van der Waals surface area contributed by atoms with Gasteiger partial charge in [-0.2, -0.15) is 5.26 Å². The lowest BCUT2D eigenvalue weighted by molar-refractivity contribution is -0.142. The summed E-state index contributed by atoms with van der Waals surface area (Å²) in [6, 6.07) is 23.8. The number of methoxy groups -OCH3 is 1. The molecule has 41 heavy (non-hydrogen) atoms. The Balaban J connectivity index is 1.47. The summed E-state index contributed by atoms with van der Waals surface area (Å²) in [4.78, 5) is 32.0. The second-order valence-corrected chi connectivity index (χ2v) is 10.4. The van der Waals surface area contributed by atoms with Crippen LogP contribution in [-0.2, 0) is 33.8 Å². The van der Waals surface area contributed by atoms with Crippen molar-refractivity contribution < 1.29 is 14.3 Å². The van der Waals surface area contributed by atoms with Crippen molar-refractivity contribution in [2.45, 2.75) is 45.8 Å². The van der Waals surface area contributed by atoms with Gasteiger partial charge in [0.05, 0.1) is 38.0 Å². The predicted molar refractivity (Wildman–Crippen MR) is 159 cm³/mol. The molecule has 0 saturated heterocycles. The summed E-state index contributed by atoms with van der Waals surface area (Å²) in [5.41, 5.74) is 3.55. The van der Waals surface area contributed by atoms with Gasteiger partial charge in [-0.05, 0) is 39.9 Å². The van der Waals surface area contributed by atoms with E-state index in [9.17, 15) is 9.59 Å². The molecule has 1 heterocycles. The smallest absolute Gasteiger partial charge is 0.319 e. The summed E-state index contributed by atoms with van der Waals surface area (Å²) in [5, 5.41) is 14.6. The number of benzene rings is 3. The first-order valence-electron chi connectivity index (χ1n) is 13.9. The van der Waals surface area contributed by atoms with Gasteiger partial charge in [0.25, 0.3) is 0 Å². The third kappa shape index (κ3) is 8.03. The summed E-state index contributed by atoms with van der Waals surface area (Å²) >= 11 is 0. The van der Waals surface area contributed by atoms with Gasteiger partial charge in [0, 0.05) is 37.6 Å². The first-order valence-corrected chi connectivity index (χ1v) is 13.9. The Kier molecular flexibility index (Phi) is 10.2. The van der Waals surface area contributed by atoms with Crippen molar-refractivity contribution in [3.63, 3.8) is 0 Å². The summed E-state index contributed by atoms with van der Waals surface area (Å²) in [5.74, 6) is -0.221. The third-order valence-corrected chi connectivity index (χ3v) is 7.56. The number of ether oxygens (including phenoxy) is 1. The number of amides is 1. The molecule has 0 unspecified atom stereocenters. The zero-order valence-electron chi connectivity index (χ0n) is 23.9. The van der Waals surface area contributed by atoms with E-state index in [-0.39, 0.29) is 36.8 Å². The Labute approximate surface area is 241 Å². The molecule has 0 aliphatic carbocycles. The van der Waals surface area contributed by atoms with Crippen molar-refractivity contribution in [1.29, 1.82) is 5.26 Å². The molecule has 2 atom stereocenters. The first-order chi connectivity index (χ1) is 19.9. The zero-order chi connectivity index (χ0) is 29.2. The molecular formula is C33H37N5O3. The maximum Gasteiger partial charge on any atom is 0.319 e. The van der Waals surface area contributed by atoms with E-state index >= 15 is 0 Å². The van der Waals surface area contributed by atoms with E-state index in [0.717, 1.165) is 34.0 Å². The van der Waals surface area contributed by atoms with Gasteiger partial charge in [-0.3, -0.25) is 14.5 Å². The van der Waals surface area contributed by atoms with Crippen molar-refractivity contribution in [2.24, 2.45) is 5.92 Å². The van der Waals surface area contributed by atoms with Gasteiger partial charge in [-0.15, -0.1) is 0 Å². The van der Waals surface area contributed by atoms with Crippen LogP contribution >= 0.6 is 0 Å². The molecule has 0 spiro atoms. The highest BCUT2D eigenvalue weighted by molar-refractivity contribution is 5.85. The van der Waals surface area contributed by atoms with Crippen LogP contribution in [0.4, 0.5) is 0 Å². The molecule has 0 aliphatic heterocycles. The minimum Gasteiger partial charge on any atom is -0.468 e. The molecule has 1 aromatic heterocycles. The summed E-state index contributed by atoms with van der Waals surface area (Å²) in [6.45, 7) is 5.96. The highest BCUT2D eigenvalue weighted by Gasteiger charge is 2.24. The lowest BCUT2D eigenvalue weighted by Gasteiger charge is -2.31. The fourth-order valence-corrected chi connectivity index (χ4v) is 4.98. The van der Waals surface area contributed by atoms with E-state index in [1.165, 1.54) is 7.11 Å². The second kappa shape index (κ2) is 14.2. The van der Waals surface area contributed by atoms with Crippen LogP contribution < -0.4 is 5.32 Å². The molecule has 4 rings (SSSR count). The molecule has 0 saturated carbocycles. The average Bonchev–Trinajstić information content (AvgIpc) is 3.42. The number of aromatic nitrogens is 2. The van der Waals surface area contributed by atoms with E-state index in [2.05, 4.69) is 59.4 Å². The number of rotatable bonds is 13. The highest BCUT2D eigenvalue weighted by Crippen LogP contribution is 2.21. The molecule has 0 radical (unpaired) electrons. The number of nitriles is 1. The maximum atomic E-state index is 13.3. The Morgan fingerprint density at radius 2 is 1.85 bits per heavy atom. The van der Waals surface area contributed by atoms with Crippen LogP contribution in [0.15, 0.2) is 79.3 Å². The lowest BCUT2D eigenvalue weighted by Crippen LogP contribution is -2.48. The van der Waals surface area contributed by atoms with Crippen LogP contribution in [0.2, 0.25) is 0 Å². The van der Waals surface area contributed by atoms with Crippen LogP contribution in [0.25, 0.3) is 10.8 Å². The molecule has 0 aliphatic rings. The summed E-state index contributed by atoms with van der Waals surface area (Å²) in [6.07, 6.45) is 4.49. The molecule has 8 nitrogen and oxygen atoms in total. The number of nitrogens with zero attached hydrogens (tertiary/aromatic N) is 4. The minimum absolute atomic E-state index is 0.0972. The molecule has 8 heteroatoms. The van der Waals surface area contributed by atoms with Gasteiger partial charge in [0.2, 0.25) is 5.91 Å². The number of imidazole rings is 1. The summed E-state index contributed by atoms with van der Waals surface area (Å²) in [7, 11) is 1.40. The fourth-order valence-electron chi connectivity index (χ4n) is 4.98. The fraction of sp³-hybridized carbons (Fsp3) is 0.333. The van der Waals surface area contributed by atoms with E-state index in [1.807, 2.05) is 34.9 Å². The number of hydrogen-bond acceptors (Lipinski definition) is 6. The van der Waals surface area contributed by atoms with Gasteiger partial charge in [-0.1, -0.05) is 74.9 Å². The number of carbonyl (C=O) groups excluding carboxylic acids is 2. The molecule has 1 amide bonds. The molecular weight excluding hydrogens is 514 g/mol. The number of nitrogens with one attached hydrogen (secondary N) is 1. The van der Waals surface area contributed by atoms with Crippen LogP contribution in [0.1, 0.15) is 42.7 Å². The van der Waals surface area contributed by atoms with Crippen molar-refractivity contribution in [2.75, 3.05) is 20.2 Å². The molecule has 4 aromatic rings. The van der Waals surface area contributed by atoms with E-state index in [4.69, 9.17) is 10.00 Å². The Morgan fingerprint density at radius 3 is 2.59 bits per heavy atom. The van der Waals surface area contributed by atoms with Crippen molar-refractivity contribution in [3.8, 4) is 6.07 Å². The second-order valence-electron chi connectivity index (χ2n) is 10.4. The van der Waals surface area contributed by atoms with Crippen LogP contribution in [0.3, 0.4) is 0 Å². The van der Waals surface area contributed by atoms with E-state index in [1.54, 1.807) is 24.7 Å². The van der Waals surface area contributed by atoms with Crippen molar-refractivity contribution >= 4 is 22.6 Å². The monoisotopic (exact) mass is 551 g/mol. The van der Waals surface area contributed by atoms with Crippen molar-refractivity contribution in [1.82, 2.24) is 19.8 Å². The van der Waals surface area contributed by atoms with Gasteiger partial charge < -0.3 is 14.6 Å². The van der Waals surface area contributed by atoms with Crippen LogP contribution in [-0.4, -0.2) is 52.6 Å². The maximum absolute atomic E-state index is 13.3. The quantitative estimate of drug-likeness (QED) is 0.242. The number of hydrogen-bond donors (Lipinski definition) is 1. The zero-order valence-corrected chi connectivity index (χ0v) is 23.9. The molecule has 3 aromatic carbocycles. The molecule has 212 valence electrons. The lowest BCUT2D eigenvalue weighted by atomic mass is 9.97. The highest BCUT2D eigenvalue weighted by atomic mass is 16.5.